The minimum Gasteiger partial charge on any atom is -0.440 e. The lowest BCUT2D eigenvalue weighted by Gasteiger charge is -2.27. The van der Waals surface area contributed by atoms with Crippen molar-refractivity contribution in [2.24, 2.45) is 5.92 Å². The maximum atomic E-state index is 13.0. The van der Waals surface area contributed by atoms with Gasteiger partial charge in [-0.1, -0.05) is 79.2 Å². The largest absolute Gasteiger partial charge is 0.440 e. The zero-order valence-electron chi connectivity index (χ0n) is 21.0. The lowest BCUT2D eigenvalue weighted by Crippen LogP contribution is -2.40. The van der Waals surface area contributed by atoms with Crippen LogP contribution in [0.3, 0.4) is 0 Å². The Kier molecular flexibility index (Phi) is 6.87. The van der Waals surface area contributed by atoms with Crippen LogP contribution in [0.2, 0.25) is 0 Å². The fourth-order valence-electron chi connectivity index (χ4n) is 5.76. The topological polar surface area (TPSA) is 55.6 Å². The van der Waals surface area contributed by atoms with Crippen LogP contribution in [0.15, 0.2) is 89.3 Å². The first-order chi connectivity index (χ1) is 18.3. The van der Waals surface area contributed by atoms with Crippen molar-refractivity contribution in [1.82, 2.24) is 9.88 Å². The number of amides is 1. The molecule has 37 heavy (non-hydrogen) atoms. The first-order valence-corrected chi connectivity index (χ1v) is 13.3. The number of carbonyl (C=O) groups excluding carboxylic acids is 1. The molecule has 0 bridgehead atoms. The van der Waals surface area contributed by atoms with Gasteiger partial charge in [0.25, 0.3) is 5.91 Å². The van der Waals surface area contributed by atoms with E-state index in [2.05, 4.69) is 36.4 Å². The molecule has 1 aliphatic heterocycles. The Hall–Kier alpha value is -3.70. The summed E-state index contributed by atoms with van der Waals surface area (Å²) in [6.07, 6.45) is 4.28. The number of morpholine rings is 1. The summed E-state index contributed by atoms with van der Waals surface area (Å²) in [5, 5.41) is 0. The van der Waals surface area contributed by atoms with Crippen molar-refractivity contribution in [1.29, 1.82) is 0 Å². The van der Waals surface area contributed by atoms with Crippen molar-refractivity contribution >= 4 is 5.91 Å². The van der Waals surface area contributed by atoms with Crippen molar-refractivity contribution < 1.29 is 13.9 Å². The number of hydrogen-bond donors (Lipinski definition) is 0. The number of ether oxygens (including phenoxy) is 1. The minimum atomic E-state index is 0.0980. The van der Waals surface area contributed by atoms with E-state index in [1.165, 1.54) is 5.56 Å². The standard InChI is InChI=1S/C32H32N2O3/c35-32(34-17-19-36-20-18-34)27-15-7-9-23(22-27)21-26-14-8-16-28(26)31-33-29(24-10-3-1-4-11-24)30(37-31)25-12-5-2-6-13-25/h1-7,9-13,15,22,26,28H,8,14,16-21H2. The molecule has 6 rings (SSSR count). The van der Waals surface area contributed by atoms with Gasteiger partial charge in [-0.25, -0.2) is 4.98 Å². The van der Waals surface area contributed by atoms with Crippen LogP contribution in [-0.2, 0) is 11.2 Å². The Bertz CT molecular complexity index is 1290. The Morgan fingerprint density at radius 3 is 2.35 bits per heavy atom. The normalized spacial score (nSPS) is 19.7. The van der Waals surface area contributed by atoms with Gasteiger partial charge in [-0.3, -0.25) is 4.79 Å². The van der Waals surface area contributed by atoms with Crippen LogP contribution in [0, 0.1) is 5.92 Å². The molecular formula is C32H32N2O3. The number of rotatable bonds is 6. The molecule has 5 nitrogen and oxygen atoms in total. The molecule has 0 spiro atoms. The summed E-state index contributed by atoms with van der Waals surface area (Å²) in [7, 11) is 0. The third kappa shape index (κ3) is 5.09. The molecule has 0 N–H and O–H groups in total. The monoisotopic (exact) mass is 492 g/mol. The lowest BCUT2D eigenvalue weighted by atomic mass is 9.89. The molecule has 2 aliphatic rings. The van der Waals surface area contributed by atoms with Gasteiger partial charge in [0, 0.05) is 35.7 Å². The maximum absolute atomic E-state index is 13.0. The first kappa shape index (κ1) is 23.7. The van der Waals surface area contributed by atoms with Gasteiger partial charge in [0.1, 0.15) is 5.69 Å². The maximum Gasteiger partial charge on any atom is 0.254 e. The summed E-state index contributed by atoms with van der Waals surface area (Å²) >= 11 is 0. The molecule has 1 aliphatic carbocycles. The van der Waals surface area contributed by atoms with Crippen LogP contribution in [0.1, 0.15) is 47.0 Å². The molecule has 2 unspecified atom stereocenters. The SMILES string of the molecule is O=C(c1cccc(CC2CCCC2c2nc(-c3ccccc3)c(-c3ccccc3)o2)c1)N1CCOCC1. The highest BCUT2D eigenvalue weighted by atomic mass is 16.5. The molecular weight excluding hydrogens is 460 g/mol. The Balaban J connectivity index is 1.26. The second-order valence-electron chi connectivity index (χ2n) is 10.1. The van der Waals surface area contributed by atoms with Crippen LogP contribution in [0.25, 0.3) is 22.6 Å². The Morgan fingerprint density at radius 2 is 1.59 bits per heavy atom. The summed E-state index contributed by atoms with van der Waals surface area (Å²) in [4.78, 5) is 20.0. The predicted octanol–water partition coefficient (Wildman–Crippen LogP) is 6.61. The van der Waals surface area contributed by atoms with Gasteiger partial charge >= 0.3 is 0 Å². The molecule has 2 fully saturated rings. The number of benzene rings is 3. The highest BCUT2D eigenvalue weighted by molar-refractivity contribution is 5.94. The van der Waals surface area contributed by atoms with E-state index in [0.717, 1.165) is 59.7 Å². The summed E-state index contributed by atoms with van der Waals surface area (Å²) in [6.45, 7) is 2.54. The molecule has 188 valence electrons. The minimum absolute atomic E-state index is 0.0980. The van der Waals surface area contributed by atoms with Crippen LogP contribution >= 0.6 is 0 Å². The van der Waals surface area contributed by atoms with Gasteiger partial charge in [0.2, 0.25) is 0 Å². The molecule has 4 aromatic rings. The van der Waals surface area contributed by atoms with Crippen molar-refractivity contribution in [2.45, 2.75) is 31.6 Å². The molecule has 0 radical (unpaired) electrons. The second kappa shape index (κ2) is 10.7. The Labute approximate surface area is 218 Å². The predicted molar refractivity (Wildman–Crippen MR) is 144 cm³/mol. The van der Waals surface area contributed by atoms with E-state index in [4.69, 9.17) is 14.1 Å². The molecule has 5 heteroatoms. The molecule has 1 saturated carbocycles. The molecule has 1 aromatic heterocycles. The highest BCUT2D eigenvalue weighted by Gasteiger charge is 2.34. The van der Waals surface area contributed by atoms with E-state index in [1.807, 2.05) is 53.4 Å². The quantitative estimate of drug-likeness (QED) is 0.304. The molecule has 1 saturated heterocycles. The van der Waals surface area contributed by atoms with Gasteiger partial charge in [-0.05, 0) is 42.9 Å². The van der Waals surface area contributed by atoms with E-state index in [-0.39, 0.29) is 11.8 Å². The van der Waals surface area contributed by atoms with Gasteiger partial charge < -0.3 is 14.1 Å². The van der Waals surface area contributed by atoms with E-state index in [1.54, 1.807) is 0 Å². The van der Waals surface area contributed by atoms with E-state index < -0.39 is 0 Å². The lowest BCUT2D eigenvalue weighted by molar-refractivity contribution is 0.0303. The van der Waals surface area contributed by atoms with Crippen LogP contribution in [-0.4, -0.2) is 42.1 Å². The Morgan fingerprint density at radius 1 is 0.865 bits per heavy atom. The highest BCUT2D eigenvalue weighted by Crippen LogP contribution is 2.44. The van der Waals surface area contributed by atoms with Crippen molar-refractivity contribution in [2.75, 3.05) is 26.3 Å². The fourth-order valence-corrected chi connectivity index (χ4v) is 5.76. The van der Waals surface area contributed by atoms with Crippen molar-refractivity contribution in [3.8, 4) is 22.6 Å². The molecule has 2 heterocycles. The summed E-state index contributed by atoms with van der Waals surface area (Å²) in [5.41, 5.74) is 4.99. The van der Waals surface area contributed by atoms with E-state index >= 15 is 0 Å². The third-order valence-corrected chi connectivity index (χ3v) is 7.67. The summed E-state index contributed by atoms with van der Waals surface area (Å²) in [5.74, 6) is 2.46. The average molecular weight is 493 g/mol. The van der Waals surface area contributed by atoms with Crippen molar-refractivity contribution in [3.05, 3.63) is 102 Å². The smallest absolute Gasteiger partial charge is 0.254 e. The van der Waals surface area contributed by atoms with Crippen LogP contribution in [0.4, 0.5) is 0 Å². The zero-order valence-corrected chi connectivity index (χ0v) is 21.0. The number of nitrogens with zero attached hydrogens (tertiary/aromatic N) is 2. The first-order valence-electron chi connectivity index (χ1n) is 13.3. The molecule has 3 aromatic carbocycles. The summed E-state index contributed by atoms with van der Waals surface area (Å²) < 4.78 is 12.0. The third-order valence-electron chi connectivity index (χ3n) is 7.67. The number of oxazole rings is 1. The molecule has 2 atom stereocenters. The summed E-state index contributed by atoms with van der Waals surface area (Å²) in [6, 6.07) is 28.7. The van der Waals surface area contributed by atoms with E-state index in [0.29, 0.717) is 32.2 Å². The van der Waals surface area contributed by atoms with Gasteiger partial charge in [-0.2, -0.15) is 0 Å². The van der Waals surface area contributed by atoms with Gasteiger partial charge in [-0.15, -0.1) is 0 Å². The number of carbonyl (C=O) groups is 1. The van der Waals surface area contributed by atoms with Crippen molar-refractivity contribution in [3.63, 3.8) is 0 Å². The van der Waals surface area contributed by atoms with Gasteiger partial charge in [0.05, 0.1) is 13.2 Å². The molecule has 1 amide bonds. The van der Waals surface area contributed by atoms with Gasteiger partial charge in [0.15, 0.2) is 11.7 Å². The average Bonchev–Trinajstić information content (AvgIpc) is 3.61. The number of aromatic nitrogens is 1. The van der Waals surface area contributed by atoms with Crippen LogP contribution in [0.5, 0.6) is 0 Å². The number of hydrogen-bond acceptors (Lipinski definition) is 4. The fraction of sp³-hybridized carbons (Fsp3) is 0.312. The van der Waals surface area contributed by atoms with Crippen LogP contribution < -0.4 is 0 Å². The zero-order chi connectivity index (χ0) is 25.0. The van der Waals surface area contributed by atoms with E-state index in [9.17, 15) is 4.79 Å². The second-order valence-corrected chi connectivity index (χ2v) is 10.1.